The normalized spacial score (nSPS) is 10.5. The van der Waals surface area contributed by atoms with Crippen LogP contribution in [0.5, 0.6) is 0 Å². The van der Waals surface area contributed by atoms with Crippen LogP contribution >= 0.6 is 0 Å². The molecule has 1 N–H and O–H groups in total. The molecule has 0 spiro atoms. The Morgan fingerprint density at radius 2 is 1.74 bits per heavy atom. The van der Waals surface area contributed by atoms with Crippen LogP contribution in [0.15, 0.2) is 60.8 Å². The molecular formula is C19H16FNO2. The van der Waals surface area contributed by atoms with E-state index in [1.165, 1.54) is 12.1 Å². The van der Waals surface area contributed by atoms with Crippen molar-refractivity contribution in [1.29, 1.82) is 0 Å². The van der Waals surface area contributed by atoms with Crippen molar-refractivity contribution in [3.8, 4) is 22.4 Å². The van der Waals surface area contributed by atoms with E-state index in [2.05, 4.69) is 4.98 Å². The molecule has 0 atom stereocenters. The average molecular weight is 309 g/mol. The lowest BCUT2D eigenvalue weighted by molar-refractivity contribution is 0.0528. The molecule has 23 heavy (non-hydrogen) atoms. The molecular weight excluding hydrogens is 293 g/mol. The lowest BCUT2D eigenvalue weighted by atomic mass is 10.00. The molecule has 0 aliphatic heterocycles. The van der Waals surface area contributed by atoms with Gasteiger partial charge < -0.3 is 9.72 Å². The van der Waals surface area contributed by atoms with E-state index in [9.17, 15) is 9.18 Å². The number of carbonyl (C=O) groups is 1. The van der Waals surface area contributed by atoms with E-state index in [0.717, 1.165) is 16.7 Å². The van der Waals surface area contributed by atoms with Crippen LogP contribution in [0.2, 0.25) is 0 Å². The van der Waals surface area contributed by atoms with Gasteiger partial charge in [0.1, 0.15) is 5.82 Å². The van der Waals surface area contributed by atoms with Gasteiger partial charge in [0.2, 0.25) is 0 Å². The topological polar surface area (TPSA) is 42.1 Å². The molecule has 0 radical (unpaired) electrons. The zero-order valence-electron chi connectivity index (χ0n) is 12.7. The maximum absolute atomic E-state index is 13.2. The first-order chi connectivity index (χ1) is 11.2. The van der Waals surface area contributed by atoms with Crippen LogP contribution in [-0.2, 0) is 4.74 Å². The third-order valence-corrected chi connectivity index (χ3v) is 3.58. The first-order valence-corrected chi connectivity index (χ1v) is 7.40. The molecule has 3 aromatic rings. The van der Waals surface area contributed by atoms with Gasteiger partial charge in [0.05, 0.1) is 17.9 Å². The number of hydrogen-bond donors (Lipinski definition) is 1. The molecule has 3 rings (SSSR count). The zero-order valence-corrected chi connectivity index (χ0v) is 12.7. The van der Waals surface area contributed by atoms with E-state index in [4.69, 9.17) is 4.74 Å². The Hall–Kier alpha value is -2.88. The van der Waals surface area contributed by atoms with Gasteiger partial charge in [0, 0.05) is 11.8 Å². The highest BCUT2D eigenvalue weighted by molar-refractivity contribution is 6.03. The lowest BCUT2D eigenvalue weighted by Crippen LogP contribution is -2.06. The number of ether oxygens (including phenoxy) is 1. The number of halogens is 1. The number of aromatic nitrogens is 1. The Labute approximate surface area is 133 Å². The van der Waals surface area contributed by atoms with E-state index in [1.54, 1.807) is 25.3 Å². The second kappa shape index (κ2) is 6.48. The van der Waals surface area contributed by atoms with Gasteiger partial charge in [-0.15, -0.1) is 0 Å². The van der Waals surface area contributed by atoms with Crippen molar-refractivity contribution in [2.24, 2.45) is 0 Å². The summed E-state index contributed by atoms with van der Waals surface area (Å²) in [6.45, 7) is 2.06. The highest BCUT2D eigenvalue weighted by Gasteiger charge is 2.21. The Balaban J connectivity index is 2.15. The van der Waals surface area contributed by atoms with Crippen LogP contribution in [0.1, 0.15) is 17.3 Å². The van der Waals surface area contributed by atoms with Gasteiger partial charge in [0.15, 0.2) is 0 Å². The number of hydrogen-bond acceptors (Lipinski definition) is 2. The van der Waals surface area contributed by atoms with Gasteiger partial charge in [0.25, 0.3) is 0 Å². The Morgan fingerprint density at radius 1 is 1.04 bits per heavy atom. The third-order valence-electron chi connectivity index (χ3n) is 3.58. The number of aromatic amines is 1. The minimum atomic E-state index is -0.396. The Morgan fingerprint density at radius 3 is 2.39 bits per heavy atom. The van der Waals surface area contributed by atoms with E-state index in [1.807, 2.05) is 30.3 Å². The fourth-order valence-electron chi connectivity index (χ4n) is 2.53. The summed E-state index contributed by atoms with van der Waals surface area (Å²) in [4.78, 5) is 15.6. The molecule has 4 heteroatoms. The van der Waals surface area contributed by atoms with E-state index < -0.39 is 5.97 Å². The van der Waals surface area contributed by atoms with Gasteiger partial charge in [-0.1, -0.05) is 30.3 Å². The molecule has 2 aromatic carbocycles. The molecule has 0 saturated heterocycles. The SMILES string of the molecule is CCOC(=O)c1c(-c2ccccc2)c[nH]c1-c1ccc(F)cc1. The quantitative estimate of drug-likeness (QED) is 0.712. The average Bonchev–Trinajstić information content (AvgIpc) is 3.01. The molecule has 116 valence electrons. The number of carbonyl (C=O) groups excluding carboxylic acids is 1. The minimum Gasteiger partial charge on any atom is -0.462 e. The van der Waals surface area contributed by atoms with Crippen molar-refractivity contribution in [1.82, 2.24) is 4.98 Å². The van der Waals surface area contributed by atoms with Crippen LogP contribution < -0.4 is 0 Å². The van der Waals surface area contributed by atoms with Crippen LogP contribution in [0.3, 0.4) is 0 Å². The summed E-state index contributed by atoms with van der Waals surface area (Å²) in [5.74, 6) is -0.715. The second-order valence-electron chi connectivity index (χ2n) is 5.05. The summed E-state index contributed by atoms with van der Waals surface area (Å²) < 4.78 is 18.4. The summed E-state index contributed by atoms with van der Waals surface area (Å²) in [5, 5.41) is 0. The monoisotopic (exact) mass is 309 g/mol. The zero-order chi connectivity index (χ0) is 16.2. The van der Waals surface area contributed by atoms with Crippen LogP contribution in [0.4, 0.5) is 4.39 Å². The first-order valence-electron chi connectivity index (χ1n) is 7.40. The largest absolute Gasteiger partial charge is 0.462 e. The molecule has 0 unspecified atom stereocenters. The standard InChI is InChI=1S/C19H16FNO2/c1-2-23-19(22)17-16(13-6-4-3-5-7-13)12-21-18(17)14-8-10-15(20)11-9-14/h3-12,21H,2H2,1H3. The van der Waals surface area contributed by atoms with Crippen molar-refractivity contribution in [3.05, 3.63) is 72.2 Å². The molecule has 0 aliphatic rings. The molecule has 0 saturated carbocycles. The molecule has 3 nitrogen and oxygen atoms in total. The van der Waals surface area contributed by atoms with Gasteiger partial charge in [-0.25, -0.2) is 9.18 Å². The molecule has 0 amide bonds. The lowest BCUT2D eigenvalue weighted by Gasteiger charge is -2.07. The number of rotatable bonds is 4. The predicted octanol–water partition coefficient (Wildman–Crippen LogP) is 4.66. The van der Waals surface area contributed by atoms with E-state index >= 15 is 0 Å². The number of H-pyrrole nitrogens is 1. The summed E-state index contributed by atoms with van der Waals surface area (Å²) in [5.41, 5.74) is 3.51. The number of nitrogens with one attached hydrogen (secondary N) is 1. The second-order valence-corrected chi connectivity index (χ2v) is 5.05. The number of esters is 1. The van der Waals surface area contributed by atoms with Crippen molar-refractivity contribution >= 4 is 5.97 Å². The molecule has 1 heterocycles. The van der Waals surface area contributed by atoms with Crippen LogP contribution in [0, 0.1) is 5.82 Å². The van der Waals surface area contributed by atoms with Crippen LogP contribution in [0.25, 0.3) is 22.4 Å². The maximum Gasteiger partial charge on any atom is 0.340 e. The highest BCUT2D eigenvalue weighted by atomic mass is 19.1. The number of benzene rings is 2. The summed E-state index contributed by atoms with van der Waals surface area (Å²) in [6.07, 6.45) is 1.78. The Kier molecular flexibility index (Phi) is 4.24. The summed E-state index contributed by atoms with van der Waals surface area (Å²) in [7, 11) is 0. The fraction of sp³-hybridized carbons (Fsp3) is 0.105. The highest BCUT2D eigenvalue weighted by Crippen LogP contribution is 2.32. The smallest absolute Gasteiger partial charge is 0.340 e. The van der Waals surface area contributed by atoms with Gasteiger partial charge in [-0.3, -0.25) is 0 Å². The predicted molar refractivity (Wildman–Crippen MR) is 87.6 cm³/mol. The fourth-order valence-corrected chi connectivity index (χ4v) is 2.53. The molecule has 1 aromatic heterocycles. The minimum absolute atomic E-state index is 0.293. The van der Waals surface area contributed by atoms with Crippen molar-refractivity contribution in [2.45, 2.75) is 6.92 Å². The first kappa shape index (κ1) is 15.0. The van der Waals surface area contributed by atoms with Crippen LogP contribution in [-0.4, -0.2) is 17.6 Å². The summed E-state index contributed by atoms with van der Waals surface area (Å²) in [6, 6.07) is 15.6. The Bertz CT molecular complexity index is 807. The van der Waals surface area contributed by atoms with Crippen molar-refractivity contribution in [3.63, 3.8) is 0 Å². The molecule has 0 aliphatic carbocycles. The maximum atomic E-state index is 13.2. The van der Waals surface area contributed by atoms with E-state index in [-0.39, 0.29) is 5.82 Å². The van der Waals surface area contributed by atoms with Crippen molar-refractivity contribution < 1.29 is 13.9 Å². The molecule has 0 bridgehead atoms. The third kappa shape index (κ3) is 3.01. The summed E-state index contributed by atoms with van der Waals surface area (Å²) >= 11 is 0. The van der Waals surface area contributed by atoms with Gasteiger partial charge in [-0.05, 0) is 42.3 Å². The van der Waals surface area contributed by atoms with E-state index in [0.29, 0.717) is 17.9 Å². The molecule has 0 fully saturated rings. The van der Waals surface area contributed by atoms with Crippen molar-refractivity contribution in [2.75, 3.05) is 6.61 Å². The van der Waals surface area contributed by atoms with Gasteiger partial charge >= 0.3 is 5.97 Å². The van der Waals surface area contributed by atoms with Gasteiger partial charge in [-0.2, -0.15) is 0 Å².